The number of hydrogen-bond donors (Lipinski definition) is 2. The molecule has 0 bridgehead atoms. The number of H-pyrrole nitrogens is 1. The van der Waals surface area contributed by atoms with Gasteiger partial charge in [-0.1, -0.05) is 23.2 Å². The minimum atomic E-state index is -0.0730. The van der Waals surface area contributed by atoms with Gasteiger partial charge in [-0.25, -0.2) is 0 Å². The van der Waals surface area contributed by atoms with Crippen molar-refractivity contribution in [3.8, 4) is 5.75 Å². The molecule has 1 fully saturated rings. The Morgan fingerprint density at radius 3 is 2.59 bits per heavy atom. The first-order valence-electron chi connectivity index (χ1n) is 9.47. The summed E-state index contributed by atoms with van der Waals surface area (Å²) in [5.74, 6) is 0.762. The SMILES string of the molecule is O=C(CCc1cn[nH]n1)NCC1CCN(C(=O)COc2cc(Cl)cc(Cl)c2)CC1. The summed E-state index contributed by atoms with van der Waals surface area (Å²) >= 11 is 11.9. The Morgan fingerprint density at radius 2 is 1.93 bits per heavy atom. The summed E-state index contributed by atoms with van der Waals surface area (Å²) in [6.07, 6.45) is 4.25. The van der Waals surface area contributed by atoms with E-state index in [9.17, 15) is 9.59 Å². The van der Waals surface area contributed by atoms with Crippen LogP contribution in [0.5, 0.6) is 5.75 Å². The molecular weight excluding hydrogens is 417 g/mol. The van der Waals surface area contributed by atoms with Gasteiger partial charge in [0.15, 0.2) is 6.61 Å². The lowest BCUT2D eigenvalue weighted by Gasteiger charge is -2.32. The predicted octanol–water partition coefficient (Wildman–Crippen LogP) is 2.48. The highest BCUT2D eigenvalue weighted by Crippen LogP contribution is 2.24. The van der Waals surface area contributed by atoms with Crippen LogP contribution < -0.4 is 10.1 Å². The summed E-state index contributed by atoms with van der Waals surface area (Å²) in [6.45, 7) is 1.87. The number of piperidine rings is 1. The molecule has 0 atom stereocenters. The quantitative estimate of drug-likeness (QED) is 0.657. The topological polar surface area (TPSA) is 100 Å². The molecule has 0 radical (unpaired) electrons. The summed E-state index contributed by atoms with van der Waals surface area (Å²) in [5, 5.41) is 14.1. The van der Waals surface area contributed by atoms with Crippen LogP contribution in [0.4, 0.5) is 0 Å². The molecule has 8 nitrogen and oxygen atoms in total. The first-order chi connectivity index (χ1) is 14.0. The van der Waals surface area contributed by atoms with Crippen LogP contribution in [0.2, 0.25) is 10.0 Å². The number of aryl methyl sites for hydroxylation is 1. The van der Waals surface area contributed by atoms with Crippen molar-refractivity contribution >= 4 is 35.0 Å². The van der Waals surface area contributed by atoms with E-state index in [1.54, 1.807) is 29.3 Å². The van der Waals surface area contributed by atoms with Crippen LogP contribution in [0.1, 0.15) is 25.0 Å². The van der Waals surface area contributed by atoms with Crippen molar-refractivity contribution < 1.29 is 14.3 Å². The predicted molar refractivity (Wildman–Crippen MR) is 109 cm³/mol. The molecule has 29 heavy (non-hydrogen) atoms. The number of benzene rings is 1. The Balaban J connectivity index is 1.33. The lowest BCUT2D eigenvalue weighted by molar-refractivity contribution is -0.135. The number of rotatable bonds is 8. The zero-order valence-electron chi connectivity index (χ0n) is 15.9. The fourth-order valence-corrected chi connectivity index (χ4v) is 3.67. The Kier molecular flexibility index (Phi) is 7.71. The zero-order valence-corrected chi connectivity index (χ0v) is 17.4. The smallest absolute Gasteiger partial charge is 0.260 e. The number of nitrogens with one attached hydrogen (secondary N) is 2. The summed E-state index contributed by atoms with van der Waals surface area (Å²) in [7, 11) is 0. The van der Waals surface area contributed by atoms with E-state index < -0.39 is 0 Å². The van der Waals surface area contributed by atoms with E-state index in [1.165, 1.54) is 0 Å². The highest BCUT2D eigenvalue weighted by Gasteiger charge is 2.23. The second kappa shape index (κ2) is 10.5. The zero-order chi connectivity index (χ0) is 20.6. The molecule has 1 saturated heterocycles. The molecule has 2 N–H and O–H groups in total. The number of aromatic nitrogens is 3. The minimum absolute atomic E-state index is 0.0000821. The average molecular weight is 440 g/mol. The Labute approximate surface area is 178 Å². The van der Waals surface area contributed by atoms with Crippen LogP contribution in [0.15, 0.2) is 24.4 Å². The monoisotopic (exact) mass is 439 g/mol. The van der Waals surface area contributed by atoms with Crippen molar-refractivity contribution in [2.24, 2.45) is 5.92 Å². The molecular formula is C19H23Cl2N5O3. The fourth-order valence-electron chi connectivity index (χ4n) is 3.17. The minimum Gasteiger partial charge on any atom is -0.484 e. The normalized spacial score (nSPS) is 14.6. The first-order valence-corrected chi connectivity index (χ1v) is 10.2. The molecule has 0 unspecified atom stereocenters. The van der Waals surface area contributed by atoms with Gasteiger partial charge >= 0.3 is 0 Å². The summed E-state index contributed by atoms with van der Waals surface area (Å²) < 4.78 is 5.52. The number of aromatic amines is 1. The number of halogens is 2. The lowest BCUT2D eigenvalue weighted by atomic mass is 9.96. The molecule has 1 aliphatic rings. The molecule has 10 heteroatoms. The fraction of sp³-hybridized carbons (Fsp3) is 0.474. The number of hydrogen-bond acceptors (Lipinski definition) is 5. The molecule has 1 aromatic heterocycles. The van der Waals surface area contributed by atoms with Gasteiger partial charge in [0, 0.05) is 42.5 Å². The number of carbonyl (C=O) groups is 2. The van der Waals surface area contributed by atoms with Crippen LogP contribution in [0.3, 0.4) is 0 Å². The van der Waals surface area contributed by atoms with Crippen molar-refractivity contribution in [1.29, 1.82) is 0 Å². The van der Waals surface area contributed by atoms with E-state index in [4.69, 9.17) is 27.9 Å². The van der Waals surface area contributed by atoms with E-state index in [0.717, 1.165) is 18.5 Å². The summed E-state index contributed by atoms with van der Waals surface area (Å²) in [6, 6.07) is 4.85. The maximum absolute atomic E-state index is 12.4. The van der Waals surface area contributed by atoms with Crippen molar-refractivity contribution in [1.82, 2.24) is 25.6 Å². The lowest BCUT2D eigenvalue weighted by Crippen LogP contribution is -2.43. The molecule has 0 saturated carbocycles. The molecule has 1 aromatic carbocycles. The summed E-state index contributed by atoms with van der Waals surface area (Å²) in [5.41, 5.74) is 0.772. The third-order valence-electron chi connectivity index (χ3n) is 4.83. The number of carbonyl (C=O) groups excluding carboxylic acids is 2. The molecule has 0 spiro atoms. The molecule has 0 aliphatic carbocycles. The van der Waals surface area contributed by atoms with Crippen LogP contribution in [0, 0.1) is 5.92 Å². The largest absolute Gasteiger partial charge is 0.484 e. The highest BCUT2D eigenvalue weighted by molar-refractivity contribution is 6.34. The van der Waals surface area contributed by atoms with Crippen molar-refractivity contribution in [2.75, 3.05) is 26.2 Å². The van der Waals surface area contributed by atoms with Gasteiger partial charge in [-0.2, -0.15) is 15.4 Å². The van der Waals surface area contributed by atoms with Crippen LogP contribution in [0.25, 0.3) is 0 Å². The summed E-state index contributed by atoms with van der Waals surface area (Å²) in [4.78, 5) is 26.1. The van der Waals surface area contributed by atoms with E-state index in [2.05, 4.69) is 20.7 Å². The standard InChI is InChI=1S/C19H23Cl2N5O3/c20-14-7-15(21)9-17(8-14)29-12-19(28)26-5-3-13(4-6-26)10-22-18(27)2-1-16-11-23-25-24-16/h7-9,11,13H,1-6,10,12H2,(H,22,27)(H,23,24,25). The van der Waals surface area contributed by atoms with Gasteiger partial charge in [-0.3, -0.25) is 9.59 Å². The molecule has 3 rings (SSSR count). The second-order valence-corrected chi connectivity index (χ2v) is 7.86. The number of likely N-dealkylation sites (tertiary alicyclic amines) is 1. The second-order valence-electron chi connectivity index (χ2n) is 6.98. The van der Waals surface area contributed by atoms with Gasteiger partial charge in [-0.05, 0) is 37.0 Å². The van der Waals surface area contributed by atoms with Crippen molar-refractivity contribution in [3.63, 3.8) is 0 Å². The van der Waals surface area contributed by atoms with Crippen LogP contribution >= 0.6 is 23.2 Å². The van der Waals surface area contributed by atoms with Crippen LogP contribution in [-0.2, 0) is 16.0 Å². The molecule has 2 aromatic rings. The maximum Gasteiger partial charge on any atom is 0.260 e. The van der Waals surface area contributed by atoms with Crippen LogP contribution in [-0.4, -0.2) is 58.4 Å². The van der Waals surface area contributed by atoms with Crippen molar-refractivity contribution in [2.45, 2.75) is 25.7 Å². The molecule has 2 amide bonds. The van der Waals surface area contributed by atoms with Gasteiger partial charge < -0.3 is 15.0 Å². The van der Waals surface area contributed by atoms with Gasteiger partial charge in [0.05, 0.1) is 11.9 Å². The average Bonchev–Trinajstić information content (AvgIpc) is 3.22. The molecule has 1 aliphatic heterocycles. The number of amides is 2. The third-order valence-corrected chi connectivity index (χ3v) is 5.26. The van der Waals surface area contributed by atoms with Gasteiger partial charge in [-0.15, -0.1) is 0 Å². The van der Waals surface area contributed by atoms with E-state index in [1.807, 2.05) is 0 Å². The van der Waals surface area contributed by atoms with Gasteiger partial charge in [0.1, 0.15) is 5.75 Å². The third kappa shape index (κ3) is 6.90. The van der Waals surface area contributed by atoms with Gasteiger partial charge in [0.2, 0.25) is 5.91 Å². The molecule has 156 valence electrons. The maximum atomic E-state index is 12.4. The van der Waals surface area contributed by atoms with Crippen molar-refractivity contribution in [3.05, 3.63) is 40.1 Å². The Bertz CT molecular complexity index is 803. The number of nitrogens with zero attached hydrogens (tertiary/aromatic N) is 3. The Hall–Kier alpha value is -2.32. The van der Waals surface area contributed by atoms with E-state index in [-0.39, 0.29) is 18.4 Å². The number of ether oxygens (including phenoxy) is 1. The molecule has 2 heterocycles. The highest BCUT2D eigenvalue weighted by atomic mass is 35.5. The first kappa shape index (κ1) is 21.4. The van der Waals surface area contributed by atoms with Gasteiger partial charge in [0.25, 0.3) is 5.91 Å². The van der Waals surface area contributed by atoms with E-state index >= 15 is 0 Å². The Morgan fingerprint density at radius 1 is 1.21 bits per heavy atom. The van der Waals surface area contributed by atoms with E-state index in [0.29, 0.717) is 54.2 Å².